The highest BCUT2D eigenvalue weighted by molar-refractivity contribution is 5.90. The van der Waals surface area contributed by atoms with E-state index in [2.05, 4.69) is 51.7 Å². The quantitative estimate of drug-likeness (QED) is 0.426. The van der Waals surface area contributed by atoms with Crippen molar-refractivity contribution in [2.45, 2.75) is 71.6 Å². The van der Waals surface area contributed by atoms with E-state index in [9.17, 15) is 9.59 Å². The Morgan fingerprint density at radius 3 is 2.51 bits per heavy atom. The number of carbonyl (C=O) groups is 2. The minimum absolute atomic E-state index is 0.124. The van der Waals surface area contributed by atoms with Gasteiger partial charge in [-0.25, -0.2) is 0 Å². The van der Waals surface area contributed by atoms with Gasteiger partial charge in [0.05, 0.1) is 0 Å². The zero-order chi connectivity index (χ0) is 24.8. The molecule has 1 aliphatic rings. The maximum Gasteiger partial charge on any atom is 0.243 e. The number of carbonyl (C=O) groups excluding carboxylic acids is 2. The van der Waals surface area contributed by atoms with Crippen molar-refractivity contribution in [3.05, 3.63) is 71.4 Å². The molecule has 0 aliphatic carbocycles. The van der Waals surface area contributed by atoms with Crippen LogP contribution in [-0.4, -0.2) is 40.3 Å². The van der Waals surface area contributed by atoms with Crippen LogP contribution >= 0.6 is 0 Å². The van der Waals surface area contributed by atoms with Gasteiger partial charge in [0.25, 0.3) is 0 Å². The van der Waals surface area contributed by atoms with Crippen molar-refractivity contribution in [2.24, 2.45) is 5.92 Å². The Balaban J connectivity index is 1.38. The molecule has 3 N–H and O–H groups in total. The summed E-state index contributed by atoms with van der Waals surface area (Å²) in [5.74, 6) is -0.486. The number of amides is 2. The Labute approximate surface area is 208 Å². The highest BCUT2D eigenvalue weighted by Crippen LogP contribution is 2.20. The predicted molar refractivity (Wildman–Crippen MR) is 141 cm³/mol. The van der Waals surface area contributed by atoms with Gasteiger partial charge in [0.15, 0.2) is 0 Å². The first kappa shape index (κ1) is 25.0. The summed E-state index contributed by atoms with van der Waals surface area (Å²) in [5, 5.41) is 7.05. The predicted octanol–water partition coefficient (Wildman–Crippen LogP) is 4.54. The smallest absolute Gasteiger partial charge is 0.243 e. The van der Waals surface area contributed by atoms with E-state index in [1.807, 2.05) is 44.3 Å². The number of hydrogen-bond donors (Lipinski definition) is 3. The normalized spacial score (nSPS) is 17.4. The van der Waals surface area contributed by atoms with Gasteiger partial charge >= 0.3 is 0 Å². The number of aromatic nitrogens is 1. The number of para-hydroxylation sites is 1. The molecule has 3 aromatic rings. The van der Waals surface area contributed by atoms with Crippen LogP contribution in [0.25, 0.3) is 10.9 Å². The van der Waals surface area contributed by atoms with Gasteiger partial charge in [-0.1, -0.05) is 62.7 Å². The molecule has 0 spiro atoms. The number of piperidine rings is 1. The standard InChI is InChI=1S/C29H38N4O2/c1-20(2)28(34)32-27(16-24-18-30-26-10-5-4-9-25(24)26)29(35)31-17-22-11-13-23(14-12-22)19-33-15-7-6-8-21(33)3/h4-5,9-14,18,20-21,27,30H,6-8,15-17,19H2,1-3H3,(H,31,35)(H,32,34). The minimum atomic E-state index is -0.635. The van der Waals surface area contributed by atoms with Crippen LogP contribution in [-0.2, 0) is 29.1 Å². The number of nitrogens with zero attached hydrogens (tertiary/aromatic N) is 1. The summed E-state index contributed by atoms with van der Waals surface area (Å²) in [5.41, 5.74) is 4.39. The van der Waals surface area contributed by atoms with E-state index in [4.69, 9.17) is 0 Å². The fourth-order valence-corrected chi connectivity index (χ4v) is 4.77. The van der Waals surface area contributed by atoms with Crippen LogP contribution in [0, 0.1) is 5.92 Å². The first-order valence-corrected chi connectivity index (χ1v) is 12.9. The SMILES string of the molecule is CC(C)C(=O)NC(Cc1c[nH]c2ccccc12)C(=O)NCc1ccc(CN2CCCCC2C)cc1. The molecule has 6 heteroatoms. The van der Waals surface area contributed by atoms with Gasteiger partial charge in [-0.05, 0) is 49.1 Å². The lowest BCUT2D eigenvalue weighted by molar-refractivity contribution is -0.130. The molecule has 4 rings (SSSR count). The topological polar surface area (TPSA) is 77.2 Å². The third-order valence-corrected chi connectivity index (χ3v) is 7.07. The summed E-state index contributed by atoms with van der Waals surface area (Å²) in [4.78, 5) is 31.4. The minimum Gasteiger partial charge on any atom is -0.361 e. The number of benzene rings is 2. The molecule has 186 valence electrons. The molecule has 2 atom stereocenters. The third kappa shape index (κ3) is 6.51. The maximum atomic E-state index is 13.2. The zero-order valence-electron chi connectivity index (χ0n) is 21.1. The van der Waals surface area contributed by atoms with Gasteiger partial charge in [0, 0.05) is 48.6 Å². The molecular weight excluding hydrogens is 436 g/mol. The number of fused-ring (bicyclic) bond motifs is 1. The van der Waals surface area contributed by atoms with Crippen LogP contribution in [0.15, 0.2) is 54.7 Å². The highest BCUT2D eigenvalue weighted by atomic mass is 16.2. The van der Waals surface area contributed by atoms with E-state index in [1.165, 1.54) is 31.4 Å². The average Bonchev–Trinajstić information content (AvgIpc) is 3.27. The molecule has 2 aromatic carbocycles. The summed E-state index contributed by atoms with van der Waals surface area (Å²) in [7, 11) is 0. The summed E-state index contributed by atoms with van der Waals surface area (Å²) in [6, 6.07) is 16.5. The largest absolute Gasteiger partial charge is 0.361 e. The lowest BCUT2D eigenvalue weighted by Gasteiger charge is -2.33. The number of likely N-dealkylation sites (tertiary alicyclic amines) is 1. The van der Waals surface area contributed by atoms with Gasteiger partial charge < -0.3 is 15.6 Å². The van der Waals surface area contributed by atoms with E-state index in [-0.39, 0.29) is 17.7 Å². The van der Waals surface area contributed by atoms with Gasteiger partial charge in [0.1, 0.15) is 6.04 Å². The van der Waals surface area contributed by atoms with E-state index < -0.39 is 6.04 Å². The Morgan fingerprint density at radius 1 is 1.03 bits per heavy atom. The number of aromatic amines is 1. The van der Waals surface area contributed by atoms with Crippen LogP contribution in [0.5, 0.6) is 0 Å². The van der Waals surface area contributed by atoms with Gasteiger partial charge in [0.2, 0.25) is 11.8 Å². The van der Waals surface area contributed by atoms with E-state index in [0.29, 0.717) is 19.0 Å². The van der Waals surface area contributed by atoms with Crippen molar-refractivity contribution < 1.29 is 9.59 Å². The van der Waals surface area contributed by atoms with E-state index >= 15 is 0 Å². The zero-order valence-corrected chi connectivity index (χ0v) is 21.1. The second-order valence-corrected chi connectivity index (χ2v) is 10.1. The molecule has 1 aromatic heterocycles. The van der Waals surface area contributed by atoms with Crippen molar-refractivity contribution in [3.8, 4) is 0 Å². The monoisotopic (exact) mass is 474 g/mol. The Kier molecular flexibility index (Phi) is 8.24. The molecule has 1 aliphatic heterocycles. The number of nitrogens with one attached hydrogen (secondary N) is 3. The first-order valence-electron chi connectivity index (χ1n) is 12.9. The Hall–Kier alpha value is -3.12. The fourth-order valence-electron chi connectivity index (χ4n) is 4.77. The van der Waals surface area contributed by atoms with Crippen molar-refractivity contribution >= 4 is 22.7 Å². The molecular formula is C29H38N4O2. The van der Waals surface area contributed by atoms with Gasteiger partial charge in [-0.15, -0.1) is 0 Å². The fraction of sp³-hybridized carbons (Fsp3) is 0.448. The lowest BCUT2D eigenvalue weighted by atomic mass is 10.0. The molecule has 1 fully saturated rings. The average molecular weight is 475 g/mol. The van der Waals surface area contributed by atoms with Crippen LogP contribution in [0.1, 0.15) is 56.7 Å². The molecule has 6 nitrogen and oxygen atoms in total. The molecule has 0 bridgehead atoms. The van der Waals surface area contributed by atoms with Crippen molar-refractivity contribution in [2.75, 3.05) is 6.54 Å². The van der Waals surface area contributed by atoms with Crippen molar-refractivity contribution in [1.82, 2.24) is 20.5 Å². The molecule has 35 heavy (non-hydrogen) atoms. The third-order valence-electron chi connectivity index (χ3n) is 7.07. The maximum absolute atomic E-state index is 13.2. The molecule has 2 amide bonds. The second kappa shape index (κ2) is 11.5. The summed E-state index contributed by atoms with van der Waals surface area (Å²) in [6.07, 6.45) is 6.24. The van der Waals surface area contributed by atoms with E-state index in [0.717, 1.165) is 28.6 Å². The van der Waals surface area contributed by atoms with E-state index in [1.54, 1.807) is 0 Å². The number of H-pyrrole nitrogens is 1. The number of hydrogen-bond acceptors (Lipinski definition) is 3. The molecule has 1 saturated heterocycles. The van der Waals surface area contributed by atoms with Crippen molar-refractivity contribution in [1.29, 1.82) is 0 Å². The van der Waals surface area contributed by atoms with Gasteiger partial charge in [-0.3, -0.25) is 14.5 Å². The Bertz CT molecular complexity index is 1140. The molecule has 2 heterocycles. The second-order valence-electron chi connectivity index (χ2n) is 10.1. The van der Waals surface area contributed by atoms with Crippen LogP contribution in [0.4, 0.5) is 0 Å². The lowest BCUT2D eigenvalue weighted by Crippen LogP contribution is -2.48. The van der Waals surface area contributed by atoms with Crippen LogP contribution < -0.4 is 10.6 Å². The highest BCUT2D eigenvalue weighted by Gasteiger charge is 2.24. The van der Waals surface area contributed by atoms with Gasteiger partial charge in [-0.2, -0.15) is 0 Å². The molecule has 0 radical (unpaired) electrons. The summed E-state index contributed by atoms with van der Waals surface area (Å²) < 4.78 is 0. The molecule has 0 saturated carbocycles. The van der Waals surface area contributed by atoms with Crippen LogP contribution in [0.3, 0.4) is 0 Å². The van der Waals surface area contributed by atoms with Crippen LogP contribution in [0.2, 0.25) is 0 Å². The Morgan fingerprint density at radius 2 is 1.77 bits per heavy atom. The summed E-state index contributed by atoms with van der Waals surface area (Å²) in [6.45, 7) is 8.56. The van der Waals surface area contributed by atoms with Crippen molar-refractivity contribution in [3.63, 3.8) is 0 Å². The first-order chi connectivity index (χ1) is 16.9. The number of rotatable bonds is 9. The molecule has 2 unspecified atom stereocenters. The summed E-state index contributed by atoms with van der Waals surface area (Å²) >= 11 is 0.